The number of hydrogen-bond donors (Lipinski definition) is 1. The molecule has 0 aliphatic heterocycles. The second-order valence-electron chi connectivity index (χ2n) is 3.98. The van der Waals surface area contributed by atoms with Crippen molar-refractivity contribution in [3.8, 4) is 11.5 Å². The van der Waals surface area contributed by atoms with Gasteiger partial charge < -0.3 is 14.9 Å². The van der Waals surface area contributed by atoms with Crippen LogP contribution in [0.2, 0.25) is 0 Å². The van der Waals surface area contributed by atoms with Crippen molar-refractivity contribution in [1.82, 2.24) is 5.43 Å². The van der Waals surface area contributed by atoms with Gasteiger partial charge in [-0.2, -0.15) is 5.10 Å². The average Bonchev–Trinajstić information content (AvgIpc) is 2.36. The Bertz CT molecular complexity index is 486. The maximum Gasteiger partial charge on any atom is 0.315 e. The highest BCUT2D eigenvalue weighted by Gasteiger charge is 2.22. The van der Waals surface area contributed by atoms with Gasteiger partial charge in [-0.1, -0.05) is 0 Å². The topological polar surface area (TPSA) is 86.0 Å². The molecule has 1 aromatic rings. The van der Waals surface area contributed by atoms with Gasteiger partial charge >= 0.3 is 5.69 Å². The standard InChI is InChI=1S/C12H17N3O4/c1-8(2)19-12-10(15(16)17)5-9(7-14-13-3)6-11(12)18-4/h5-8,13H,1-4H3/b14-7+. The molecule has 1 rings (SSSR count). The van der Waals surface area contributed by atoms with E-state index in [2.05, 4.69) is 10.5 Å². The van der Waals surface area contributed by atoms with Crippen LogP contribution >= 0.6 is 0 Å². The Morgan fingerprint density at radius 1 is 1.47 bits per heavy atom. The van der Waals surface area contributed by atoms with Crippen LogP contribution in [0, 0.1) is 10.1 Å². The number of hydrogen-bond acceptors (Lipinski definition) is 6. The molecule has 19 heavy (non-hydrogen) atoms. The quantitative estimate of drug-likeness (QED) is 0.483. The molecular weight excluding hydrogens is 250 g/mol. The predicted molar refractivity (Wildman–Crippen MR) is 72.1 cm³/mol. The van der Waals surface area contributed by atoms with E-state index in [4.69, 9.17) is 9.47 Å². The van der Waals surface area contributed by atoms with E-state index in [1.54, 1.807) is 27.0 Å². The highest BCUT2D eigenvalue weighted by atomic mass is 16.6. The second-order valence-corrected chi connectivity index (χ2v) is 3.98. The predicted octanol–water partition coefficient (Wildman–Crippen LogP) is 1.94. The molecule has 0 heterocycles. The number of nitrogens with zero attached hydrogens (tertiary/aromatic N) is 2. The van der Waals surface area contributed by atoms with Crippen molar-refractivity contribution in [2.24, 2.45) is 5.10 Å². The molecule has 0 fully saturated rings. The number of hydrazone groups is 1. The number of nitrogens with one attached hydrogen (secondary N) is 1. The molecule has 0 aromatic heterocycles. The fraction of sp³-hybridized carbons (Fsp3) is 0.417. The molecule has 0 saturated heterocycles. The van der Waals surface area contributed by atoms with E-state index < -0.39 is 4.92 Å². The third-order valence-electron chi connectivity index (χ3n) is 2.17. The lowest BCUT2D eigenvalue weighted by Crippen LogP contribution is -2.09. The first kappa shape index (κ1) is 14.7. The summed E-state index contributed by atoms with van der Waals surface area (Å²) < 4.78 is 10.6. The van der Waals surface area contributed by atoms with E-state index in [0.717, 1.165) is 0 Å². The van der Waals surface area contributed by atoms with Crippen molar-refractivity contribution in [1.29, 1.82) is 0 Å². The third-order valence-corrected chi connectivity index (χ3v) is 2.17. The summed E-state index contributed by atoms with van der Waals surface area (Å²) in [7, 11) is 3.07. The van der Waals surface area contributed by atoms with Gasteiger partial charge in [0.1, 0.15) is 0 Å². The molecular formula is C12H17N3O4. The zero-order chi connectivity index (χ0) is 14.4. The van der Waals surface area contributed by atoms with Crippen molar-refractivity contribution < 1.29 is 14.4 Å². The Balaban J connectivity index is 3.35. The van der Waals surface area contributed by atoms with E-state index in [1.165, 1.54) is 19.4 Å². The van der Waals surface area contributed by atoms with E-state index in [0.29, 0.717) is 11.3 Å². The summed E-state index contributed by atoms with van der Waals surface area (Å²) in [4.78, 5) is 10.6. The van der Waals surface area contributed by atoms with Crippen molar-refractivity contribution in [3.63, 3.8) is 0 Å². The zero-order valence-corrected chi connectivity index (χ0v) is 11.3. The lowest BCUT2D eigenvalue weighted by Gasteiger charge is -2.14. The maximum atomic E-state index is 11.1. The molecule has 7 nitrogen and oxygen atoms in total. The maximum absolute atomic E-state index is 11.1. The summed E-state index contributed by atoms with van der Waals surface area (Å²) in [5, 5.41) is 14.9. The zero-order valence-electron chi connectivity index (χ0n) is 11.3. The summed E-state index contributed by atoms with van der Waals surface area (Å²) >= 11 is 0. The smallest absolute Gasteiger partial charge is 0.315 e. The number of ether oxygens (including phenoxy) is 2. The van der Waals surface area contributed by atoms with E-state index in [1.807, 2.05) is 0 Å². The highest BCUT2D eigenvalue weighted by Crippen LogP contribution is 2.38. The second kappa shape index (κ2) is 6.58. The Labute approximate surface area is 111 Å². The summed E-state index contributed by atoms with van der Waals surface area (Å²) in [6.07, 6.45) is 1.28. The number of benzene rings is 1. The number of nitro benzene ring substituents is 1. The highest BCUT2D eigenvalue weighted by molar-refractivity contribution is 5.83. The third kappa shape index (κ3) is 3.84. The molecule has 104 valence electrons. The lowest BCUT2D eigenvalue weighted by molar-refractivity contribution is -0.386. The Morgan fingerprint density at radius 2 is 2.16 bits per heavy atom. The SMILES string of the molecule is CN/N=C/c1cc(OC)c(OC(C)C)c([N+](=O)[O-])c1. The molecule has 0 amide bonds. The molecule has 0 aliphatic rings. The number of nitro groups is 1. The van der Waals surface area contributed by atoms with Gasteiger partial charge in [0.05, 0.1) is 24.4 Å². The largest absolute Gasteiger partial charge is 0.493 e. The minimum atomic E-state index is -0.503. The molecule has 0 spiro atoms. The van der Waals surface area contributed by atoms with Gasteiger partial charge in [0.2, 0.25) is 5.75 Å². The van der Waals surface area contributed by atoms with Gasteiger partial charge in [0.25, 0.3) is 0 Å². The summed E-state index contributed by atoms with van der Waals surface area (Å²) in [6, 6.07) is 3.02. The minimum Gasteiger partial charge on any atom is -0.493 e. The molecule has 1 aromatic carbocycles. The fourth-order valence-corrected chi connectivity index (χ4v) is 1.46. The van der Waals surface area contributed by atoms with Gasteiger partial charge in [0, 0.05) is 18.7 Å². The van der Waals surface area contributed by atoms with Crippen LogP contribution in [0.4, 0.5) is 5.69 Å². The molecule has 1 N–H and O–H groups in total. The van der Waals surface area contributed by atoms with Crippen molar-refractivity contribution >= 4 is 11.9 Å². The van der Waals surface area contributed by atoms with Crippen molar-refractivity contribution in [2.75, 3.05) is 14.2 Å². The Hall–Kier alpha value is -2.31. The molecule has 0 unspecified atom stereocenters. The van der Waals surface area contributed by atoms with Crippen LogP contribution in [0.15, 0.2) is 17.2 Å². The molecule has 0 saturated carbocycles. The van der Waals surface area contributed by atoms with Crippen LogP contribution < -0.4 is 14.9 Å². The van der Waals surface area contributed by atoms with Crippen LogP contribution in [0.5, 0.6) is 11.5 Å². The van der Waals surface area contributed by atoms with Gasteiger partial charge in [0.15, 0.2) is 5.75 Å². The first-order valence-corrected chi connectivity index (χ1v) is 5.72. The van der Waals surface area contributed by atoms with Crippen LogP contribution in [0.3, 0.4) is 0 Å². The monoisotopic (exact) mass is 267 g/mol. The summed E-state index contributed by atoms with van der Waals surface area (Å²) in [6.45, 7) is 3.58. The van der Waals surface area contributed by atoms with Crippen LogP contribution in [0.25, 0.3) is 0 Å². The van der Waals surface area contributed by atoms with Crippen LogP contribution in [-0.4, -0.2) is 31.4 Å². The first-order chi connectivity index (χ1) is 8.99. The molecule has 0 atom stereocenters. The fourth-order valence-electron chi connectivity index (χ4n) is 1.46. The molecule has 7 heteroatoms. The minimum absolute atomic E-state index is 0.129. The lowest BCUT2D eigenvalue weighted by atomic mass is 10.2. The van der Waals surface area contributed by atoms with Gasteiger partial charge in [-0.15, -0.1) is 0 Å². The molecule has 0 bridgehead atoms. The van der Waals surface area contributed by atoms with Gasteiger partial charge in [-0.25, -0.2) is 0 Å². The number of methoxy groups -OCH3 is 1. The Morgan fingerprint density at radius 3 is 2.63 bits per heavy atom. The average molecular weight is 267 g/mol. The molecule has 0 radical (unpaired) electrons. The normalized spacial score (nSPS) is 10.8. The summed E-state index contributed by atoms with van der Waals surface area (Å²) in [5.74, 6) is 0.435. The van der Waals surface area contributed by atoms with E-state index in [-0.39, 0.29) is 17.5 Å². The van der Waals surface area contributed by atoms with Gasteiger partial charge in [-0.3, -0.25) is 10.1 Å². The van der Waals surface area contributed by atoms with E-state index >= 15 is 0 Å². The first-order valence-electron chi connectivity index (χ1n) is 5.72. The van der Waals surface area contributed by atoms with Crippen LogP contribution in [-0.2, 0) is 0 Å². The number of rotatable bonds is 6. The van der Waals surface area contributed by atoms with Crippen molar-refractivity contribution in [3.05, 3.63) is 27.8 Å². The van der Waals surface area contributed by atoms with Gasteiger partial charge in [-0.05, 0) is 19.9 Å². The summed E-state index contributed by atoms with van der Waals surface area (Å²) in [5.41, 5.74) is 2.98. The molecule has 0 aliphatic carbocycles. The van der Waals surface area contributed by atoms with Crippen LogP contribution in [0.1, 0.15) is 19.4 Å². The van der Waals surface area contributed by atoms with Crippen molar-refractivity contribution in [2.45, 2.75) is 20.0 Å². The van der Waals surface area contributed by atoms with E-state index in [9.17, 15) is 10.1 Å². The Kier molecular flexibility index (Phi) is 5.11.